The summed E-state index contributed by atoms with van der Waals surface area (Å²) in [4.78, 5) is 24.0. The van der Waals surface area contributed by atoms with Crippen LogP contribution in [0, 0.1) is 0 Å². The van der Waals surface area contributed by atoms with E-state index in [1.54, 1.807) is 0 Å². The van der Waals surface area contributed by atoms with Crippen molar-refractivity contribution in [2.45, 2.75) is 36.4 Å². The van der Waals surface area contributed by atoms with E-state index in [1.807, 2.05) is 0 Å². The number of hydrogen-bond acceptors (Lipinski definition) is 4. The normalized spacial score (nSPS) is 18.4. The fourth-order valence-electron chi connectivity index (χ4n) is 2.71. The third kappa shape index (κ3) is 4.94. The van der Waals surface area contributed by atoms with E-state index >= 15 is 0 Å². The van der Waals surface area contributed by atoms with E-state index in [0.29, 0.717) is 24.9 Å². The largest absolute Gasteiger partial charge is 0.480 e. The Bertz CT molecular complexity index is 758. The number of rotatable bonds is 5. The third-order valence-corrected chi connectivity index (χ3v) is 5.55. The zero-order valence-electron chi connectivity index (χ0n) is 13.0. The molecule has 1 aromatic rings. The summed E-state index contributed by atoms with van der Waals surface area (Å²) in [6.45, 7) is 0.327. The van der Waals surface area contributed by atoms with Gasteiger partial charge >= 0.3 is 12.1 Å². The lowest BCUT2D eigenvalue weighted by Crippen LogP contribution is -2.41. The minimum atomic E-state index is -4.84. The van der Waals surface area contributed by atoms with E-state index in [0.717, 1.165) is 12.1 Å². The molecule has 1 aliphatic rings. The number of aliphatic carboxylic acids is 1. The SMILES string of the molecule is O=C(O)C1CCCN1C(=O)Cc1ccc(S(=O)(=O)CC(F)(F)F)cc1. The average molecular weight is 379 g/mol. The second-order valence-electron chi connectivity index (χ2n) is 5.78. The second kappa shape index (κ2) is 7.03. The summed E-state index contributed by atoms with van der Waals surface area (Å²) in [5.74, 6) is -3.46. The smallest absolute Gasteiger partial charge is 0.403 e. The second-order valence-corrected chi connectivity index (χ2v) is 7.77. The molecule has 1 saturated heterocycles. The highest BCUT2D eigenvalue weighted by Crippen LogP contribution is 2.23. The van der Waals surface area contributed by atoms with E-state index in [1.165, 1.54) is 17.0 Å². The van der Waals surface area contributed by atoms with Gasteiger partial charge in [-0.25, -0.2) is 13.2 Å². The van der Waals surface area contributed by atoms with Gasteiger partial charge in [0.05, 0.1) is 11.3 Å². The zero-order valence-corrected chi connectivity index (χ0v) is 13.8. The van der Waals surface area contributed by atoms with Crippen molar-refractivity contribution in [1.29, 1.82) is 0 Å². The van der Waals surface area contributed by atoms with Crippen LogP contribution in [0.1, 0.15) is 18.4 Å². The molecular formula is C15H16F3NO5S. The molecule has 1 aromatic carbocycles. The van der Waals surface area contributed by atoms with Crippen molar-refractivity contribution in [1.82, 2.24) is 4.90 Å². The van der Waals surface area contributed by atoms with Crippen molar-refractivity contribution in [2.24, 2.45) is 0 Å². The van der Waals surface area contributed by atoms with Crippen LogP contribution in [0.2, 0.25) is 0 Å². The fourth-order valence-corrected chi connectivity index (χ4v) is 3.86. The van der Waals surface area contributed by atoms with Gasteiger partial charge in [0.15, 0.2) is 15.6 Å². The molecule has 0 bridgehead atoms. The number of carboxylic acids is 1. The predicted octanol–water partition coefficient (Wildman–Crippen LogP) is 1.64. The first-order chi connectivity index (χ1) is 11.5. The summed E-state index contributed by atoms with van der Waals surface area (Å²) < 4.78 is 60.2. The molecule has 0 spiro atoms. The zero-order chi connectivity index (χ0) is 18.8. The Hall–Kier alpha value is -2.10. The van der Waals surface area contributed by atoms with Gasteiger partial charge in [0, 0.05) is 6.54 Å². The van der Waals surface area contributed by atoms with Crippen LogP contribution in [0.15, 0.2) is 29.2 Å². The van der Waals surface area contributed by atoms with Crippen molar-refractivity contribution in [3.8, 4) is 0 Å². The minimum Gasteiger partial charge on any atom is -0.480 e. The van der Waals surface area contributed by atoms with Crippen molar-refractivity contribution in [2.75, 3.05) is 12.3 Å². The minimum absolute atomic E-state index is 0.149. The van der Waals surface area contributed by atoms with Gasteiger partial charge in [-0.05, 0) is 30.5 Å². The van der Waals surface area contributed by atoms with Crippen LogP contribution >= 0.6 is 0 Å². The molecule has 2 rings (SSSR count). The van der Waals surface area contributed by atoms with Gasteiger partial charge in [-0.1, -0.05) is 12.1 Å². The summed E-state index contributed by atoms with van der Waals surface area (Å²) in [5.41, 5.74) is 0.395. The molecule has 1 N–H and O–H groups in total. The molecule has 1 atom stereocenters. The Kier molecular flexibility index (Phi) is 5.40. The molecule has 0 aromatic heterocycles. The van der Waals surface area contributed by atoms with E-state index in [9.17, 15) is 31.2 Å². The number of amides is 1. The van der Waals surface area contributed by atoms with Crippen LogP contribution in [0.3, 0.4) is 0 Å². The van der Waals surface area contributed by atoms with E-state index < -0.39 is 44.6 Å². The molecule has 25 heavy (non-hydrogen) atoms. The van der Waals surface area contributed by atoms with Crippen LogP contribution in [-0.2, 0) is 25.8 Å². The van der Waals surface area contributed by atoms with E-state index in [4.69, 9.17) is 5.11 Å². The van der Waals surface area contributed by atoms with Crippen LogP contribution in [0.5, 0.6) is 0 Å². The standard InChI is InChI=1S/C15H16F3NO5S/c16-15(17,18)9-25(23,24)11-5-3-10(4-6-11)8-13(20)19-7-1-2-12(19)14(21)22/h3-6,12H,1-2,7-9H2,(H,21,22). The van der Waals surface area contributed by atoms with Crippen molar-refractivity contribution in [3.63, 3.8) is 0 Å². The number of halogens is 3. The third-order valence-electron chi connectivity index (χ3n) is 3.85. The fraction of sp³-hybridized carbons (Fsp3) is 0.467. The summed E-state index contributed by atoms with van der Waals surface area (Å²) >= 11 is 0. The number of hydrogen-bond donors (Lipinski definition) is 1. The van der Waals surface area contributed by atoms with Gasteiger partial charge < -0.3 is 10.0 Å². The highest BCUT2D eigenvalue weighted by molar-refractivity contribution is 7.91. The molecule has 1 heterocycles. The van der Waals surface area contributed by atoms with E-state index in [2.05, 4.69) is 0 Å². The van der Waals surface area contributed by atoms with Crippen molar-refractivity contribution in [3.05, 3.63) is 29.8 Å². The molecule has 10 heteroatoms. The first kappa shape index (κ1) is 19.2. The Morgan fingerprint density at radius 2 is 1.80 bits per heavy atom. The van der Waals surface area contributed by atoms with Crippen LogP contribution in [0.4, 0.5) is 13.2 Å². The summed E-state index contributed by atoms with van der Waals surface area (Å²) in [5, 5.41) is 9.06. The van der Waals surface area contributed by atoms with Gasteiger partial charge in [0.2, 0.25) is 5.91 Å². The summed E-state index contributed by atoms with van der Waals surface area (Å²) in [6.07, 6.45) is -4.04. The first-order valence-electron chi connectivity index (χ1n) is 7.40. The lowest BCUT2D eigenvalue weighted by atomic mass is 10.1. The maximum Gasteiger partial charge on any atom is 0.403 e. The maximum absolute atomic E-state index is 12.3. The van der Waals surface area contributed by atoms with Gasteiger partial charge in [0.1, 0.15) is 6.04 Å². The number of alkyl halides is 3. The van der Waals surface area contributed by atoms with E-state index in [-0.39, 0.29) is 6.42 Å². The number of likely N-dealkylation sites (tertiary alicyclic amines) is 1. The number of carboxylic acid groups (broad SMARTS) is 1. The first-order valence-corrected chi connectivity index (χ1v) is 9.05. The van der Waals surface area contributed by atoms with Crippen LogP contribution < -0.4 is 0 Å². The Balaban J connectivity index is 2.08. The Labute approximate surface area is 142 Å². The van der Waals surface area contributed by atoms with Gasteiger partial charge in [-0.15, -0.1) is 0 Å². The van der Waals surface area contributed by atoms with Gasteiger partial charge in [0.25, 0.3) is 0 Å². The van der Waals surface area contributed by atoms with Gasteiger partial charge in [-0.2, -0.15) is 13.2 Å². The molecule has 0 aliphatic carbocycles. The number of sulfone groups is 1. The molecule has 1 unspecified atom stereocenters. The summed E-state index contributed by atoms with van der Waals surface area (Å²) in [7, 11) is -4.50. The topological polar surface area (TPSA) is 91.8 Å². The Morgan fingerprint density at radius 3 is 2.32 bits per heavy atom. The monoisotopic (exact) mass is 379 g/mol. The lowest BCUT2D eigenvalue weighted by Gasteiger charge is -2.21. The highest BCUT2D eigenvalue weighted by Gasteiger charge is 2.36. The molecule has 1 fully saturated rings. The average Bonchev–Trinajstić information content (AvgIpc) is 2.95. The summed E-state index contributed by atoms with van der Waals surface area (Å²) in [6, 6.07) is 3.67. The predicted molar refractivity (Wildman–Crippen MR) is 80.6 cm³/mol. The molecule has 6 nitrogen and oxygen atoms in total. The maximum atomic E-state index is 12.3. The molecule has 1 aliphatic heterocycles. The molecule has 138 valence electrons. The van der Waals surface area contributed by atoms with Crippen molar-refractivity contribution < 1.29 is 36.3 Å². The lowest BCUT2D eigenvalue weighted by molar-refractivity contribution is -0.148. The Morgan fingerprint density at radius 1 is 1.20 bits per heavy atom. The van der Waals surface area contributed by atoms with Crippen LogP contribution in [-0.4, -0.2) is 54.8 Å². The molecule has 1 amide bonds. The molecule has 0 radical (unpaired) electrons. The highest BCUT2D eigenvalue weighted by atomic mass is 32.2. The molecular weight excluding hydrogens is 363 g/mol. The quantitative estimate of drug-likeness (QED) is 0.840. The number of benzene rings is 1. The van der Waals surface area contributed by atoms with Crippen molar-refractivity contribution >= 4 is 21.7 Å². The van der Waals surface area contributed by atoms with Crippen LogP contribution in [0.25, 0.3) is 0 Å². The molecule has 0 saturated carbocycles. The number of nitrogens with zero attached hydrogens (tertiary/aromatic N) is 1. The number of carbonyl (C=O) groups excluding carboxylic acids is 1. The number of carbonyl (C=O) groups is 2. The van der Waals surface area contributed by atoms with Gasteiger partial charge in [-0.3, -0.25) is 4.79 Å².